The van der Waals surface area contributed by atoms with Crippen LogP contribution in [0.1, 0.15) is 32.3 Å². The molecular formula is C14H17BrClNO. The molecule has 1 atom stereocenters. The Morgan fingerprint density at radius 1 is 1.50 bits per heavy atom. The predicted octanol–water partition coefficient (Wildman–Crippen LogP) is 3.95. The molecule has 2 rings (SSSR count). The summed E-state index contributed by atoms with van der Waals surface area (Å²) in [7, 11) is 0. The van der Waals surface area contributed by atoms with Gasteiger partial charge in [0.15, 0.2) is 0 Å². The van der Waals surface area contributed by atoms with Crippen molar-refractivity contribution in [1.29, 1.82) is 0 Å². The summed E-state index contributed by atoms with van der Waals surface area (Å²) in [4.78, 5) is 11.5. The number of benzene rings is 1. The van der Waals surface area contributed by atoms with Crippen LogP contribution in [0.3, 0.4) is 0 Å². The molecule has 18 heavy (non-hydrogen) atoms. The van der Waals surface area contributed by atoms with E-state index in [1.807, 2.05) is 18.2 Å². The van der Waals surface area contributed by atoms with E-state index >= 15 is 0 Å². The molecule has 1 amide bonds. The third-order valence-corrected chi connectivity index (χ3v) is 4.79. The number of rotatable bonds is 3. The number of hydrogen-bond donors (Lipinski definition) is 1. The first kappa shape index (κ1) is 13.9. The first-order chi connectivity index (χ1) is 8.43. The molecule has 98 valence electrons. The van der Waals surface area contributed by atoms with Crippen LogP contribution in [0, 0.1) is 5.92 Å². The summed E-state index contributed by atoms with van der Waals surface area (Å²) in [6.45, 7) is 4.32. The van der Waals surface area contributed by atoms with Gasteiger partial charge in [-0.1, -0.05) is 47.4 Å². The van der Waals surface area contributed by atoms with Gasteiger partial charge in [0, 0.05) is 21.5 Å². The fourth-order valence-corrected chi connectivity index (χ4v) is 3.34. The van der Waals surface area contributed by atoms with Gasteiger partial charge in [-0.3, -0.25) is 4.79 Å². The molecule has 0 radical (unpaired) electrons. The van der Waals surface area contributed by atoms with Gasteiger partial charge in [0.1, 0.15) is 0 Å². The Morgan fingerprint density at radius 3 is 2.72 bits per heavy atom. The highest BCUT2D eigenvalue weighted by molar-refractivity contribution is 9.10. The Morgan fingerprint density at radius 2 is 2.22 bits per heavy atom. The highest BCUT2D eigenvalue weighted by Gasteiger charge is 2.40. The van der Waals surface area contributed by atoms with Crippen LogP contribution in [0.15, 0.2) is 22.7 Å². The summed E-state index contributed by atoms with van der Waals surface area (Å²) >= 11 is 9.50. The van der Waals surface area contributed by atoms with Crippen molar-refractivity contribution >= 4 is 33.4 Å². The molecule has 1 heterocycles. The molecule has 0 saturated carbocycles. The zero-order valence-electron chi connectivity index (χ0n) is 10.6. The minimum Gasteiger partial charge on any atom is -0.350 e. The van der Waals surface area contributed by atoms with E-state index in [0.717, 1.165) is 22.3 Å². The SMILES string of the molecule is CC(C)C1(Cc2ccc(Cl)cc2Br)CCC(=O)N1. The number of carbonyl (C=O) groups is 1. The van der Waals surface area contributed by atoms with Gasteiger partial charge in [-0.05, 0) is 36.5 Å². The van der Waals surface area contributed by atoms with Gasteiger partial charge >= 0.3 is 0 Å². The van der Waals surface area contributed by atoms with E-state index in [9.17, 15) is 4.79 Å². The third kappa shape index (κ3) is 2.72. The highest BCUT2D eigenvalue weighted by atomic mass is 79.9. The first-order valence-corrected chi connectivity index (χ1v) is 7.35. The molecule has 1 N–H and O–H groups in total. The molecule has 0 aromatic heterocycles. The molecule has 2 nitrogen and oxygen atoms in total. The van der Waals surface area contributed by atoms with Gasteiger partial charge in [0.2, 0.25) is 5.91 Å². The Labute approximate surface area is 121 Å². The second-order valence-electron chi connectivity index (χ2n) is 5.27. The summed E-state index contributed by atoms with van der Waals surface area (Å²) in [5.74, 6) is 0.570. The second kappa shape index (κ2) is 5.22. The number of carbonyl (C=O) groups excluding carboxylic acids is 1. The van der Waals surface area contributed by atoms with Gasteiger partial charge in [-0.2, -0.15) is 0 Å². The van der Waals surface area contributed by atoms with E-state index in [2.05, 4.69) is 35.1 Å². The quantitative estimate of drug-likeness (QED) is 0.893. The molecule has 0 bridgehead atoms. The van der Waals surface area contributed by atoms with Crippen LogP contribution in [0.2, 0.25) is 5.02 Å². The van der Waals surface area contributed by atoms with Crippen molar-refractivity contribution < 1.29 is 4.79 Å². The summed E-state index contributed by atoms with van der Waals surface area (Å²) in [5, 5.41) is 3.89. The molecule has 1 unspecified atom stereocenters. The van der Waals surface area contributed by atoms with E-state index < -0.39 is 0 Å². The van der Waals surface area contributed by atoms with E-state index in [1.165, 1.54) is 5.56 Å². The topological polar surface area (TPSA) is 29.1 Å². The van der Waals surface area contributed by atoms with Crippen molar-refractivity contribution in [1.82, 2.24) is 5.32 Å². The zero-order valence-corrected chi connectivity index (χ0v) is 12.9. The lowest BCUT2D eigenvalue weighted by Gasteiger charge is -2.34. The van der Waals surface area contributed by atoms with Crippen LogP contribution in [-0.4, -0.2) is 11.4 Å². The average molecular weight is 331 g/mol. The lowest BCUT2D eigenvalue weighted by molar-refractivity contribution is -0.120. The molecular weight excluding hydrogens is 314 g/mol. The zero-order chi connectivity index (χ0) is 13.3. The summed E-state index contributed by atoms with van der Waals surface area (Å²) in [5.41, 5.74) is 1.07. The minimum absolute atomic E-state index is 0.118. The van der Waals surface area contributed by atoms with Gasteiger partial charge < -0.3 is 5.32 Å². The summed E-state index contributed by atoms with van der Waals surface area (Å²) < 4.78 is 1.01. The maximum Gasteiger partial charge on any atom is 0.220 e. The van der Waals surface area contributed by atoms with E-state index in [4.69, 9.17) is 11.6 Å². The Hall–Kier alpha value is -0.540. The minimum atomic E-state index is -0.118. The van der Waals surface area contributed by atoms with E-state index in [-0.39, 0.29) is 11.4 Å². The first-order valence-electron chi connectivity index (χ1n) is 6.18. The molecule has 0 spiro atoms. The van der Waals surface area contributed by atoms with Crippen molar-refractivity contribution in [3.8, 4) is 0 Å². The van der Waals surface area contributed by atoms with Crippen molar-refractivity contribution in [2.24, 2.45) is 5.92 Å². The molecule has 0 aliphatic carbocycles. The Bertz CT molecular complexity index is 475. The fourth-order valence-electron chi connectivity index (χ4n) is 2.51. The number of amides is 1. The number of halogens is 2. The normalized spacial score (nSPS) is 23.5. The molecule has 1 aromatic rings. The van der Waals surface area contributed by atoms with Crippen LogP contribution >= 0.6 is 27.5 Å². The lowest BCUT2D eigenvalue weighted by Crippen LogP contribution is -2.48. The van der Waals surface area contributed by atoms with Gasteiger partial charge in [0.25, 0.3) is 0 Å². The Balaban J connectivity index is 2.27. The monoisotopic (exact) mass is 329 g/mol. The van der Waals surface area contributed by atoms with Gasteiger partial charge in [0.05, 0.1) is 0 Å². The van der Waals surface area contributed by atoms with Crippen molar-refractivity contribution in [2.45, 2.75) is 38.6 Å². The van der Waals surface area contributed by atoms with Crippen LogP contribution < -0.4 is 5.32 Å². The highest BCUT2D eigenvalue weighted by Crippen LogP contribution is 2.34. The van der Waals surface area contributed by atoms with Gasteiger partial charge in [-0.15, -0.1) is 0 Å². The molecule has 4 heteroatoms. The number of hydrogen-bond acceptors (Lipinski definition) is 1. The maximum atomic E-state index is 11.5. The Kier molecular flexibility index (Phi) is 4.02. The fraction of sp³-hybridized carbons (Fsp3) is 0.500. The third-order valence-electron chi connectivity index (χ3n) is 3.81. The van der Waals surface area contributed by atoms with Crippen molar-refractivity contribution in [3.63, 3.8) is 0 Å². The van der Waals surface area contributed by atoms with Crippen LogP contribution in [0.5, 0.6) is 0 Å². The molecule has 1 saturated heterocycles. The second-order valence-corrected chi connectivity index (χ2v) is 6.56. The van der Waals surface area contributed by atoms with Crippen molar-refractivity contribution in [2.75, 3.05) is 0 Å². The largest absolute Gasteiger partial charge is 0.350 e. The molecule has 1 aromatic carbocycles. The lowest BCUT2D eigenvalue weighted by atomic mass is 9.80. The molecule has 1 aliphatic heterocycles. The summed E-state index contributed by atoms with van der Waals surface area (Å²) in [6.07, 6.45) is 2.37. The molecule has 1 fully saturated rings. The molecule has 1 aliphatic rings. The smallest absolute Gasteiger partial charge is 0.220 e. The number of nitrogens with one attached hydrogen (secondary N) is 1. The average Bonchev–Trinajstić information content (AvgIpc) is 2.66. The van der Waals surface area contributed by atoms with Crippen LogP contribution in [0.4, 0.5) is 0 Å². The maximum absolute atomic E-state index is 11.5. The van der Waals surface area contributed by atoms with Crippen molar-refractivity contribution in [3.05, 3.63) is 33.3 Å². The van der Waals surface area contributed by atoms with E-state index in [1.54, 1.807) is 0 Å². The van der Waals surface area contributed by atoms with Crippen LogP contribution in [0.25, 0.3) is 0 Å². The predicted molar refractivity (Wildman–Crippen MR) is 77.8 cm³/mol. The van der Waals surface area contributed by atoms with Crippen LogP contribution in [-0.2, 0) is 11.2 Å². The summed E-state index contributed by atoms with van der Waals surface area (Å²) in [6, 6.07) is 5.83. The standard InChI is InChI=1S/C14H17BrClNO/c1-9(2)14(6-5-13(18)17-14)8-10-3-4-11(16)7-12(10)15/h3-4,7,9H,5-6,8H2,1-2H3,(H,17,18). The van der Waals surface area contributed by atoms with Gasteiger partial charge in [-0.25, -0.2) is 0 Å². The van der Waals surface area contributed by atoms with E-state index in [0.29, 0.717) is 12.3 Å².